The van der Waals surface area contributed by atoms with Crippen molar-refractivity contribution < 1.29 is 5.11 Å². The normalized spacial score (nSPS) is 17.7. The Bertz CT molecular complexity index is 270. The standard InChI is InChI=1S/C7H8BrN3O/c8-6-1-10-7(2-9-6)11-3-5(12)4-11/h1-2,5,12H,3-4H2. The SMILES string of the molecule is OC1CN(c2cnc(Br)cn2)C1. The molecule has 1 aromatic heterocycles. The Balaban J connectivity index is 2.09. The largest absolute Gasteiger partial charge is 0.389 e. The first kappa shape index (κ1) is 7.94. The van der Waals surface area contributed by atoms with Gasteiger partial charge in [-0.1, -0.05) is 0 Å². The first-order chi connectivity index (χ1) is 5.75. The Morgan fingerprint density at radius 2 is 2.17 bits per heavy atom. The van der Waals surface area contributed by atoms with Gasteiger partial charge in [0.15, 0.2) is 0 Å². The fourth-order valence-electron chi connectivity index (χ4n) is 1.11. The maximum atomic E-state index is 9.04. The van der Waals surface area contributed by atoms with Crippen LogP contribution in [0.2, 0.25) is 0 Å². The lowest BCUT2D eigenvalue weighted by molar-refractivity contribution is 0.141. The Hall–Kier alpha value is -0.680. The summed E-state index contributed by atoms with van der Waals surface area (Å²) < 4.78 is 0.729. The van der Waals surface area contributed by atoms with Gasteiger partial charge in [0.1, 0.15) is 10.4 Å². The van der Waals surface area contributed by atoms with E-state index in [9.17, 15) is 0 Å². The van der Waals surface area contributed by atoms with Gasteiger partial charge in [-0.15, -0.1) is 0 Å². The third-order valence-electron chi connectivity index (χ3n) is 1.79. The first-order valence-electron chi connectivity index (χ1n) is 3.66. The van der Waals surface area contributed by atoms with Crippen LogP contribution >= 0.6 is 15.9 Å². The summed E-state index contributed by atoms with van der Waals surface area (Å²) in [4.78, 5) is 10.2. The van der Waals surface area contributed by atoms with Gasteiger partial charge in [-0.3, -0.25) is 0 Å². The predicted molar refractivity (Wildman–Crippen MR) is 48.0 cm³/mol. The van der Waals surface area contributed by atoms with Gasteiger partial charge in [0.05, 0.1) is 18.5 Å². The molecule has 0 aromatic carbocycles. The van der Waals surface area contributed by atoms with Crippen molar-refractivity contribution in [1.29, 1.82) is 0 Å². The lowest BCUT2D eigenvalue weighted by Crippen LogP contribution is -2.51. The highest BCUT2D eigenvalue weighted by Crippen LogP contribution is 2.17. The summed E-state index contributed by atoms with van der Waals surface area (Å²) in [6.45, 7) is 1.33. The number of hydrogen-bond acceptors (Lipinski definition) is 4. The van der Waals surface area contributed by atoms with Gasteiger partial charge in [-0.25, -0.2) is 9.97 Å². The van der Waals surface area contributed by atoms with Gasteiger partial charge < -0.3 is 10.0 Å². The molecule has 5 heteroatoms. The topological polar surface area (TPSA) is 49.2 Å². The molecule has 1 fully saturated rings. The van der Waals surface area contributed by atoms with Crippen molar-refractivity contribution in [1.82, 2.24) is 9.97 Å². The van der Waals surface area contributed by atoms with Crippen molar-refractivity contribution >= 4 is 21.7 Å². The van der Waals surface area contributed by atoms with Crippen LogP contribution in [0.25, 0.3) is 0 Å². The number of halogens is 1. The molecular weight excluding hydrogens is 222 g/mol. The summed E-state index contributed by atoms with van der Waals surface area (Å²) in [6.07, 6.45) is 3.14. The van der Waals surface area contributed by atoms with Crippen molar-refractivity contribution in [2.45, 2.75) is 6.10 Å². The Labute approximate surface area is 78.4 Å². The molecule has 0 amide bonds. The molecule has 1 aliphatic rings. The fraction of sp³-hybridized carbons (Fsp3) is 0.429. The average molecular weight is 230 g/mol. The van der Waals surface area contributed by atoms with Gasteiger partial charge in [0.25, 0.3) is 0 Å². The molecule has 0 bridgehead atoms. The van der Waals surface area contributed by atoms with Crippen LogP contribution in [-0.2, 0) is 0 Å². The molecular formula is C7H8BrN3O. The summed E-state index contributed by atoms with van der Waals surface area (Å²) in [5, 5.41) is 9.04. The van der Waals surface area contributed by atoms with E-state index in [0.29, 0.717) is 13.1 Å². The van der Waals surface area contributed by atoms with Crippen molar-refractivity contribution in [2.75, 3.05) is 18.0 Å². The molecule has 0 saturated carbocycles. The zero-order valence-electron chi connectivity index (χ0n) is 6.31. The molecule has 0 aliphatic carbocycles. The Kier molecular flexibility index (Phi) is 1.98. The third-order valence-corrected chi connectivity index (χ3v) is 2.20. The van der Waals surface area contributed by atoms with Crippen molar-refractivity contribution in [3.05, 3.63) is 17.0 Å². The van der Waals surface area contributed by atoms with E-state index < -0.39 is 0 Å². The minimum atomic E-state index is -0.199. The van der Waals surface area contributed by atoms with Crippen LogP contribution in [0.3, 0.4) is 0 Å². The number of anilines is 1. The zero-order chi connectivity index (χ0) is 8.55. The second-order valence-corrected chi connectivity index (χ2v) is 3.57. The smallest absolute Gasteiger partial charge is 0.147 e. The summed E-state index contributed by atoms with van der Waals surface area (Å²) in [5.41, 5.74) is 0. The minimum Gasteiger partial charge on any atom is -0.389 e. The van der Waals surface area contributed by atoms with Crippen LogP contribution in [-0.4, -0.2) is 34.3 Å². The van der Waals surface area contributed by atoms with Crippen molar-refractivity contribution in [2.24, 2.45) is 0 Å². The summed E-state index contributed by atoms with van der Waals surface area (Å²) in [7, 11) is 0. The van der Waals surface area contributed by atoms with Crippen LogP contribution in [0.5, 0.6) is 0 Å². The first-order valence-corrected chi connectivity index (χ1v) is 4.45. The quantitative estimate of drug-likeness (QED) is 0.759. The highest BCUT2D eigenvalue weighted by atomic mass is 79.9. The molecule has 0 unspecified atom stereocenters. The van der Waals surface area contributed by atoms with E-state index in [-0.39, 0.29) is 6.10 Å². The van der Waals surface area contributed by atoms with Gasteiger partial charge >= 0.3 is 0 Å². The lowest BCUT2D eigenvalue weighted by Gasteiger charge is -2.36. The molecule has 4 nitrogen and oxygen atoms in total. The van der Waals surface area contributed by atoms with Crippen molar-refractivity contribution in [3.8, 4) is 0 Å². The number of β-amino-alcohol motifs (C(OH)–C–C–N with tert-alkyl or cyclic N) is 1. The number of hydrogen-bond donors (Lipinski definition) is 1. The summed E-state index contributed by atoms with van der Waals surface area (Å²) in [6, 6.07) is 0. The second kappa shape index (κ2) is 2.99. The molecule has 0 radical (unpaired) electrons. The zero-order valence-corrected chi connectivity index (χ0v) is 7.90. The monoisotopic (exact) mass is 229 g/mol. The molecule has 2 heterocycles. The number of rotatable bonds is 1. The molecule has 12 heavy (non-hydrogen) atoms. The van der Waals surface area contributed by atoms with E-state index in [1.807, 2.05) is 4.90 Å². The van der Waals surface area contributed by atoms with Crippen LogP contribution in [0.1, 0.15) is 0 Å². The van der Waals surface area contributed by atoms with Crippen molar-refractivity contribution in [3.63, 3.8) is 0 Å². The molecule has 1 aromatic rings. The van der Waals surface area contributed by atoms with Crippen LogP contribution in [0, 0.1) is 0 Å². The number of aliphatic hydroxyl groups is 1. The third kappa shape index (κ3) is 1.42. The van der Waals surface area contributed by atoms with E-state index in [0.717, 1.165) is 10.4 Å². The van der Waals surface area contributed by atoms with Crippen LogP contribution in [0.4, 0.5) is 5.82 Å². The maximum absolute atomic E-state index is 9.04. The molecule has 1 aliphatic heterocycles. The Morgan fingerprint density at radius 3 is 2.67 bits per heavy atom. The average Bonchev–Trinajstić information content (AvgIpc) is 2.01. The van der Waals surface area contributed by atoms with E-state index >= 15 is 0 Å². The van der Waals surface area contributed by atoms with Gasteiger partial charge in [0.2, 0.25) is 0 Å². The van der Waals surface area contributed by atoms with Gasteiger partial charge in [0, 0.05) is 13.1 Å². The highest BCUT2D eigenvalue weighted by Gasteiger charge is 2.25. The van der Waals surface area contributed by atoms with E-state index in [2.05, 4.69) is 25.9 Å². The number of aliphatic hydroxyl groups excluding tert-OH is 1. The molecule has 2 rings (SSSR count). The maximum Gasteiger partial charge on any atom is 0.147 e. The highest BCUT2D eigenvalue weighted by molar-refractivity contribution is 9.10. The van der Waals surface area contributed by atoms with Gasteiger partial charge in [-0.2, -0.15) is 0 Å². The molecule has 0 spiro atoms. The lowest BCUT2D eigenvalue weighted by atomic mass is 10.2. The second-order valence-electron chi connectivity index (χ2n) is 2.76. The molecule has 64 valence electrons. The molecule has 0 atom stereocenters. The van der Waals surface area contributed by atoms with Gasteiger partial charge in [-0.05, 0) is 15.9 Å². The summed E-state index contributed by atoms with van der Waals surface area (Å²) in [5.74, 6) is 0.823. The molecule has 1 saturated heterocycles. The number of aromatic nitrogens is 2. The molecule has 1 N–H and O–H groups in total. The Morgan fingerprint density at radius 1 is 1.42 bits per heavy atom. The fourth-order valence-corrected chi connectivity index (χ4v) is 1.32. The number of nitrogens with zero attached hydrogens (tertiary/aromatic N) is 3. The van der Waals surface area contributed by atoms with E-state index in [1.54, 1.807) is 12.4 Å². The summed E-state index contributed by atoms with van der Waals surface area (Å²) >= 11 is 3.20. The van der Waals surface area contributed by atoms with Crippen LogP contribution < -0.4 is 4.90 Å². The predicted octanol–water partition coefficient (Wildman–Crippen LogP) is 0.420. The van der Waals surface area contributed by atoms with Crippen LogP contribution in [0.15, 0.2) is 17.0 Å². The van der Waals surface area contributed by atoms with E-state index in [4.69, 9.17) is 5.11 Å². The minimum absolute atomic E-state index is 0.199. The van der Waals surface area contributed by atoms with E-state index in [1.165, 1.54) is 0 Å².